The van der Waals surface area contributed by atoms with Crippen LogP contribution in [-0.4, -0.2) is 33.5 Å². The molecule has 6 heteroatoms. The highest BCUT2D eigenvalue weighted by atomic mass is 35.5. The highest BCUT2D eigenvalue weighted by molar-refractivity contribution is 7.98. The summed E-state index contributed by atoms with van der Waals surface area (Å²) in [5, 5.41) is 0.228. The van der Waals surface area contributed by atoms with Crippen molar-refractivity contribution >= 4 is 34.9 Å². The van der Waals surface area contributed by atoms with E-state index in [1.54, 1.807) is 34.3 Å². The number of hydrogen-bond acceptors (Lipinski definition) is 3. The molecule has 0 saturated heterocycles. The van der Waals surface area contributed by atoms with E-state index >= 15 is 0 Å². The number of aromatic nitrogens is 2. The van der Waals surface area contributed by atoms with Gasteiger partial charge in [0.2, 0.25) is 0 Å². The molecule has 0 saturated carbocycles. The molecule has 1 amide bonds. The summed E-state index contributed by atoms with van der Waals surface area (Å²) >= 11 is 7.86. The molecule has 2 heterocycles. The second kappa shape index (κ2) is 6.64. The van der Waals surface area contributed by atoms with E-state index < -0.39 is 0 Å². The number of hydrogen-bond donors (Lipinski definition) is 0. The van der Waals surface area contributed by atoms with Crippen LogP contribution in [-0.2, 0) is 6.54 Å². The van der Waals surface area contributed by atoms with Crippen LogP contribution in [0.25, 0.3) is 5.65 Å². The highest BCUT2D eigenvalue weighted by Crippen LogP contribution is 2.20. The van der Waals surface area contributed by atoms with Crippen LogP contribution in [0, 0.1) is 0 Å². The number of carbonyl (C=O) groups excluding carboxylic acids is 1. The predicted octanol–water partition coefficient (Wildman–Crippen LogP) is 3.98. The third-order valence-electron chi connectivity index (χ3n) is 3.62. The quantitative estimate of drug-likeness (QED) is 0.671. The molecule has 118 valence electrons. The maximum atomic E-state index is 12.7. The van der Waals surface area contributed by atoms with Gasteiger partial charge < -0.3 is 4.90 Å². The SMILES string of the molecule is CSc1ccc(CN(C)C(=O)c2c(Cl)nc3ccccn23)cc1. The van der Waals surface area contributed by atoms with Crippen LogP contribution in [0.15, 0.2) is 53.6 Å². The second-order valence-corrected chi connectivity index (χ2v) is 6.43. The molecule has 0 fully saturated rings. The summed E-state index contributed by atoms with van der Waals surface area (Å²) in [6.45, 7) is 0.518. The lowest BCUT2D eigenvalue weighted by atomic mass is 10.2. The van der Waals surface area contributed by atoms with Crippen molar-refractivity contribution in [1.29, 1.82) is 0 Å². The maximum Gasteiger partial charge on any atom is 0.274 e. The molecule has 0 bridgehead atoms. The Morgan fingerprint density at radius 3 is 2.70 bits per heavy atom. The van der Waals surface area contributed by atoms with Crippen molar-refractivity contribution in [3.05, 3.63) is 65.1 Å². The van der Waals surface area contributed by atoms with E-state index in [4.69, 9.17) is 11.6 Å². The molecule has 0 N–H and O–H groups in total. The minimum absolute atomic E-state index is 0.150. The van der Waals surface area contributed by atoms with Crippen LogP contribution < -0.4 is 0 Å². The first-order valence-corrected chi connectivity index (χ1v) is 8.71. The Balaban J connectivity index is 1.84. The Kier molecular flexibility index (Phi) is 4.59. The first kappa shape index (κ1) is 15.9. The Labute approximate surface area is 144 Å². The van der Waals surface area contributed by atoms with E-state index in [2.05, 4.69) is 17.1 Å². The van der Waals surface area contributed by atoms with Gasteiger partial charge in [-0.25, -0.2) is 4.98 Å². The summed E-state index contributed by atoms with van der Waals surface area (Å²) < 4.78 is 1.72. The number of thioether (sulfide) groups is 1. The monoisotopic (exact) mass is 345 g/mol. The molecule has 3 aromatic rings. The van der Waals surface area contributed by atoms with Gasteiger partial charge in [-0.1, -0.05) is 29.8 Å². The lowest BCUT2D eigenvalue weighted by molar-refractivity contribution is 0.0778. The number of halogens is 1. The molecule has 0 atom stereocenters. The van der Waals surface area contributed by atoms with Crippen LogP contribution in [0.3, 0.4) is 0 Å². The summed E-state index contributed by atoms with van der Waals surface area (Å²) in [7, 11) is 1.77. The number of pyridine rings is 1. The smallest absolute Gasteiger partial charge is 0.274 e. The van der Waals surface area contributed by atoms with Crippen molar-refractivity contribution in [3.8, 4) is 0 Å². The van der Waals surface area contributed by atoms with Gasteiger partial charge in [0.1, 0.15) is 5.65 Å². The number of fused-ring (bicyclic) bond motifs is 1. The molecular formula is C17H16ClN3OS. The second-order valence-electron chi connectivity index (χ2n) is 5.19. The van der Waals surface area contributed by atoms with Crippen LogP contribution in [0.2, 0.25) is 5.15 Å². The zero-order valence-corrected chi connectivity index (χ0v) is 14.4. The number of benzene rings is 1. The molecule has 1 aromatic carbocycles. The van der Waals surface area contributed by atoms with Gasteiger partial charge in [-0.3, -0.25) is 9.20 Å². The van der Waals surface area contributed by atoms with E-state index in [0.29, 0.717) is 17.9 Å². The minimum Gasteiger partial charge on any atom is -0.336 e. The Morgan fingerprint density at radius 1 is 1.26 bits per heavy atom. The first-order valence-electron chi connectivity index (χ1n) is 7.11. The largest absolute Gasteiger partial charge is 0.336 e. The van der Waals surface area contributed by atoms with Gasteiger partial charge in [0.25, 0.3) is 5.91 Å². The zero-order valence-electron chi connectivity index (χ0n) is 12.9. The van der Waals surface area contributed by atoms with Crippen molar-refractivity contribution in [2.24, 2.45) is 0 Å². The molecule has 0 aliphatic rings. The molecule has 3 rings (SSSR count). The lowest BCUT2D eigenvalue weighted by Crippen LogP contribution is -2.27. The molecule has 2 aromatic heterocycles. The van der Waals surface area contributed by atoms with Crippen molar-refractivity contribution in [1.82, 2.24) is 14.3 Å². The molecule has 0 spiro atoms. The van der Waals surface area contributed by atoms with Gasteiger partial charge in [-0.05, 0) is 36.1 Å². The third-order valence-corrected chi connectivity index (χ3v) is 4.62. The fraction of sp³-hybridized carbons (Fsp3) is 0.176. The van der Waals surface area contributed by atoms with Gasteiger partial charge in [0, 0.05) is 24.7 Å². The molecular weight excluding hydrogens is 330 g/mol. The molecule has 4 nitrogen and oxygen atoms in total. The number of nitrogens with zero attached hydrogens (tertiary/aromatic N) is 3. The summed E-state index contributed by atoms with van der Waals surface area (Å²) in [4.78, 5) is 19.8. The van der Waals surface area contributed by atoms with E-state index in [-0.39, 0.29) is 11.1 Å². The zero-order chi connectivity index (χ0) is 16.4. The maximum absolute atomic E-state index is 12.7. The van der Waals surface area contributed by atoms with Crippen molar-refractivity contribution in [3.63, 3.8) is 0 Å². The van der Waals surface area contributed by atoms with Crippen molar-refractivity contribution < 1.29 is 4.79 Å². The van der Waals surface area contributed by atoms with Crippen LogP contribution in [0.1, 0.15) is 16.1 Å². The standard InChI is InChI=1S/C17H16ClN3OS/c1-20(11-12-6-8-13(23-2)9-7-12)17(22)15-16(18)19-14-5-3-4-10-21(14)15/h3-10H,11H2,1-2H3. The fourth-order valence-electron chi connectivity index (χ4n) is 2.42. The summed E-state index contributed by atoms with van der Waals surface area (Å²) in [6.07, 6.45) is 3.83. The van der Waals surface area contributed by atoms with Gasteiger partial charge in [-0.15, -0.1) is 11.8 Å². The van der Waals surface area contributed by atoms with E-state index in [1.807, 2.05) is 36.6 Å². The van der Waals surface area contributed by atoms with Gasteiger partial charge in [0.05, 0.1) is 0 Å². The number of carbonyl (C=O) groups is 1. The van der Waals surface area contributed by atoms with Crippen molar-refractivity contribution in [2.45, 2.75) is 11.4 Å². The van der Waals surface area contributed by atoms with Crippen LogP contribution in [0.5, 0.6) is 0 Å². The fourth-order valence-corrected chi connectivity index (χ4v) is 3.08. The lowest BCUT2D eigenvalue weighted by Gasteiger charge is -2.17. The number of imidazole rings is 1. The van der Waals surface area contributed by atoms with Crippen LogP contribution >= 0.6 is 23.4 Å². The molecule has 0 aliphatic heterocycles. The topological polar surface area (TPSA) is 37.6 Å². The molecule has 0 unspecified atom stereocenters. The van der Waals surface area contributed by atoms with Gasteiger partial charge in [0.15, 0.2) is 10.8 Å². The average Bonchev–Trinajstić information content (AvgIpc) is 2.90. The Morgan fingerprint density at radius 2 is 2.00 bits per heavy atom. The normalized spacial score (nSPS) is 10.9. The highest BCUT2D eigenvalue weighted by Gasteiger charge is 2.21. The Hall–Kier alpha value is -1.98. The van der Waals surface area contributed by atoms with Gasteiger partial charge >= 0.3 is 0 Å². The van der Waals surface area contributed by atoms with E-state index in [9.17, 15) is 4.79 Å². The predicted molar refractivity (Wildman–Crippen MR) is 94.2 cm³/mol. The van der Waals surface area contributed by atoms with Gasteiger partial charge in [-0.2, -0.15) is 0 Å². The molecule has 23 heavy (non-hydrogen) atoms. The van der Waals surface area contributed by atoms with Crippen molar-refractivity contribution in [2.75, 3.05) is 13.3 Å². The first-order chi connectivity index (χ1) is 11.1. The third kappa shape index (κ3) is 3.21. The number of rotatable bonds is 4. The number of amides is 1. The molecule has 0 radical (unpaired) electrons. The summed E-state index contributed by atoms with van der Waals surface area (Å²) in [6, 6.07) is 13.7. The average molecular weight is 346 g/mol. The van der Waals surface area contributed by atoms with E-state index in [1.165, 1.54) is 4.90 Å². The summed E-state index contributed by atoms with van der Waals surface area (Å²) in [5.41, 5.74) is 2.13. The minimum atomic E-state index is -0.150. The Bertz CT molecular complexity index is 845. The van der Waals surface area contributed by atoms with E-state index in [0.717, 1.165) is 5.56 Å². The van der Waals surface area contributed by atoms with Crippen LogP contribution in [0.4, 0.5) is 0 Å². The summed E-state index contributed by atoms with van der Waals surface area (Å²) in [5.74, 6) is -0.150. The molecule has 0 aliphatic carbocycles.